The van der Waals surface area contributed by atoms with Gasteiger partial charge in [-0.2, -0.15) is 0 Å². The van der Waals surface area contributed by atoms with E-state index in [9.17, 15) is 0 Å². The van der Waals surface area contributed by atoms with Gasteiger partial charge in [-0.3, -0.25) is 0 Å². The number of nitrogens with zero attached hydrogens (tertiary/aromatic N) is 2. The number of hydrogen-bond acceptors (Lipinski definition) is 2. The largest absolute Gasteiger partial charge is 0.455 e. The first-order valence-electron chi connectivity index (χ1n) is 17.4. The van der Waals surface area contributed by atoms with Crippen LogP contribution in [0.1, 0.15) is 0 Å². The maximum absolute atomic E-state index is 6.85. The van der Waals surface area contributed by atoms with E-state index in [2.05, 4.69) is 198 Å². The molecule has 0 aliphatic carbocycles. The summed E-state index contributed by atoms with van der Waals surface area (Å²) in [6.07, 6.45) is 0. The minimum absolute atomic E-state index is 0.867. The molecule has 0 amide bonds. The average molecular weight is 653 g/mol. The van der Waals surface area contributed by atoms with Crippen LogP contribution in [0.5, 0.6) is 0 Å². The van der Waals surface area contributed by atoms with Crippen molar-refractivity contribution in [3.8, 4) is 27.9 Å². The number of para-hydroxylation sites is 5. The van der Waals surface area contributed by atoms with Gasteiger partial charge in [0.15, 0.2) is 0 Å². The van der Waals surface area contributed by atoms with Gasteiger partial charge in [-0.15, -0.1) is 0 Å². The van der Waals surface area contributed by atoms with E-state index in [4.69, 9.17) is 4.42 Å². The van der Waals surface area contributed by atoms with Crippen molar-refractivity contribution >= 4 is 60.8 Å². The standard InChI is InChI=1S/C48H32N2O/c1-3-16-33(17-4-1)37-22-7-11-26-42(37)49(35-19-5-2-6-20-35)45-31-30-41-40-25-10-14-29-46(40)51-48(41)47(45)34-18-15-21-36(32-34)50-43-27-12-8-23-38(43)39-24-9-13-28-44(39)50/h1-32H. The summed E-state index contributed by atoms with van der Waals surface area (Å²) in [5.41, 5.74) is 12.8. The number of furan rings is 1. The normalized spacial score (nSPS) is 11.5. The van der Waals surface area contributed by atoms with E-state index in [-0.39, 0.29) is 0 Å². The molecule has 240 valence electrons. The predicted molar refractivity (Wildman–Crippen MR) is 214 cm³/mol. The van der Waals surface area contributed by atoms with Gasteiger partial charge in [-0.25, -0.2) is 0 Å². The Morgan fingerprint density at radius 1 is 0.412 bits per heavy atom. The van der Waals surface area contributed by atoms with E-state index in [0.717, 1.165) is 66.9 Å². The van der Waals surface area contributed by atoms with E-state index >= 15 is 0 Å². The number of benzene rings is 8. The monoisotopic (exact) mass is 652 g/mol. The lowest BCUT2D eigenvalue weighted by atomic mass is 9.96. The van der Waals surface area contributed by atoms with Gasteiger partial charge >= 0.3 is 0 Å². The highest BCUT2D eigenvalue weighted by Gasteiger charge is 2.25. The van der Waals surface area contributed by atoms with E-state index in [0.29, 0.717) is 0 Å². The molecule has 10 aromatic rings. The molecule has 3 nitrogen and oxygen atoms in total. The predicted octanol–water partition coefficient (Wildman–Crippen LogP) is 13.5. The van der Waals surface area contributed by atoms with Gasteiger partial charge in [0.25, 0.3) is 0 Å². The number of rotatable bonds is 6. The van der Waals surface area contributed by atoms with Crippen molar-refractivity contribution in [2.45, 2.75) is 0 Å². The lowest BCUT2D eigenvalue weighted by Crippen LogP contribution is -2.12. The van der Waals surface area contributed by atoms with Crippen LogP contribution >= 0.6 is 0 Å². The lowest BCUT2D eigenvalue weighted by molar-refractivity contribution is 0.670. The SMILES string of the molecule is c1ccc(-c2ccccc2N(c2ccccc2)c2ccc3c(oc4ccccc43)c2-c2cccc(-n3c4ccccc4c4ccccc43)c2)cc1. The van der Waals surface area contributed by atoms with Crippen molar-refractivity contribution in [3.63, 3.8) is 0 Å². The summed E-state index contributed by atoms with van der Waals surface area (Å²) in [5.74, 6) is 0. The fraction of sp³-hybridized carbons (Fsp3) is 0. The van der Waals surface area contributed by atoms with Crippen molar-refractivity contribution in [2.24, 2.45) is 0 Å². The third-order valence-corrected chi connectivity index (χ3v) is 9.98. The second-order valence-electron chi connectivity index (χ2n) is 12.9. The third kappa shape index (κ3) is 4.74. The summed E-state index contributed by atoms with van der Waals surface area (Å²) in [6.45, 7) is 0. The smallest absolute Gasteiger partial charge is 0.145 e. The molecule has 8 aromatic carbocycles. The minimum Gasteiger partial charge on any atom is -0.455 e. The fourth-order valence-corrected chi connectivity index (χ4v) is 7.76. The zero-order chi connectivity index (χ0) is 33.7. The molecule has 0 saturated heterocycles. The van der Waals surface area contributed by atoms with Gasteiger partial charge in [0.2, 0.25) is 0 Å². The summed E-state index contributed by atoms with van der Waals surface area (Å²) < 4.78 is 9.23. The Balaban J connectivity index is 1.29. The topological polar surface area (TPSA) is 21.3 Å². The molecule has 2 aromatic heterocycles. The van der Waals surface area contributed by atoms with Gasteiger partial charge in [0.05, 0.1) is 22.4 Å². The van der Waals surface area contributed by atoms with Crippen LogP contribution in [0.15, 0.2) is 199 Å². The Kier molecular flexibility index (Phi) is 6.81. The van der Waals surface area contributed by atoms with E-state index in [1.165, 1.54) is 21.8 Å². The second-order valence-corrected chi connectivity index (χ2v) is 12.9. The van der Waals surface area contributed by atoms with E-state index in [1.807, 2.05) is 6.07 Å². The first-order valence-corrected chi connectivity index (χ1v) is 17.4. The molecule has 0 saturated carbocycles. The summed E-state index contributed by atoms with van der Waals surface area (Å²) in [5, 5.41) is 4.68. The molecule has 10 rings (SSSR count). The van der Waals surface area contributed by atoms with Crippen LogP contribution < -0.4 is 4.90 Å². The number of anilines is 3. The quantitative estimate of drug-likeness (QED) is 0.178. The van der Waals surface area contributed by atoms with Crippen LogP contribution in [0.3, 0.4) is 0 Å². The second kappa shape index (κ2) is 11.9. The first-order chi connectivity index (χ1) is 25.3. The van der Waals surface area contributed by atoms with Crippen molar-refractivity contribution in [1.82, 2.24) is 4.57 Å². The van der Waals surface area contributed by atoms with Crippen molar-refractivity contribution < 1.29 is 4.42 Å². The van der Waals surface area contributed by atoms with Crippen LogP contribution in [0.4, 0.5) is 17.1 Å². The summed E-state index contributed by atoms with van der Waals surface area (Å²) >= 11 is 0. The van der Waals surface area contributed by atoms with Gasteiger partial charge in [-0.05, 0) is 71.8 Å². The van der Waals surface area contributed by atoms with Gasteiger partial charge in [-0.1, -0.05) is 133 Å². The Labute approximate surface area is 295 Å². The Morgan fingerprint density at radius 2 is 1.02 bits per heavy atom. The van der Waals surface area contributed by atoms with Gasteiger partial charge < -0.3 is 13.9 Å². The minimum atomic E-state index is 0.867. The van der Waals surface area contributed by atoms with Crippen molar-refractivity contribution in [1.29, 1.82) is 0 Å². The molecule has 0 atom stereocenters. The van der Waals surface area contributed by atoms with Gasteiger partial charge in [0, 0.05) is 44.0 Å². The first kappa shape index (κ1) is 29.1. The lowest BCUT2D eigenvalue weighted by Gasteiger charge is -2.30. The zero-order valence-corrected chi connectivity index (χ0v) is 27.8. The molecule has 0 aliphatic rings. The molecule has 0 bridgehead atoms. The molecule has 0 unspecified atom stereocenters. The molecular formula is C48H32N2O. The Hall–Kier alpha value is -6.84. The third-order valence-electron chi connectivity index (χ3n) is 9.98. The van der Waals surface area contributed by atoms with Crippen LogP contribution in [0.2, 0.25) is 0 Å². The van der Waals surface area contributed by atoms with E-state index < -0.39 is 0 Å². The van der Waals surface area contributed by atoms with Crippen LogP contribution in [-0.2, 0) is 0 Å². The van der Waals surface area contributed by atoms with Crippen molar-refractivity contribution in [3.05, 3.63) is 194 Å². The summed E-state index contributed by atoms with van der Waals surface area (Å²) in [4.78, 5) is 2.39. The highest BCUT2D eigenvalue weighted by molar-refractivity contribution is 6.14. The maximum Gasteiger partial charge on any atom is 0.145 e. The van der Waals surface area contributed by atoms with Crippen LogP contribution in [0.25, 0.3) is 71.7 Å². The molecule has 0 fully saturated rings. The summed E-state index contributed by atoms with van der Waals surface area (Å²) in [6, 6.07) is 69.0. The maximum atomic E-state index is 6.85. The van der Waals surface area contributed by atoms with Crippen molar-refractivity contribution in [2.75, 3.05) is 4.90 Å². The molecule has 0 radical (unpaired) electrons. The number of hydrogen-bond donors (Lipinski definition) is 0. The molecular weight excluding hydrogens is 621 g/mol. The molecule has 51 heavy (non-hydrogen) atoms. The highest BCUT2D eigenvalue weighted by Crippen LogP contribution is 2.49. The molecule has 0 aliphatic heterocycles. The van der Waals surface area contributed by atoms with Crippen LogP contribution in [0, 0.1) is 0 Å². The Morgan fingerprint density at radius 3 is 1.78 bits per heavy atom. The fourth-order valence-electron chi connectivity index (χ4n) is 7.76. The summed E-state index contributed by atoms with van der Waals surface area (Å²) in [7, 11) is 0. The van der Waals surface area contributed by atoms with Gasteiger partial charge in [0.1, 0.15) is 11.2 Å². The molecule has 2 heterocycles. The highest BCUT2D eigenvalue weighted by atomic mass is 16.3. The van der Waals surface area contributed by atoms with E-state index in [1.54, 1.807) is 0 Å². The number of aromatic nitrogens is 1. The van der Waals surface area contributed by atoms with Crippen LogP contribution in [-0.4, -0.2) is 4.57 Å². The molecule has 0 spiro atoms. The number of fused-ring (bicyclic) bond motifs is 6. The Bertz CT molecular complexity index is 2810. The zero-order valence-electron chi connectivity index (χ0n) is 27.8. The average Bonchev–Trinajstić information content (AvgIpc) is 3.75. The molecule has 3 heteroatoms. The molecule has 0 N–H and O–H groups in total.